The van der Waals surface area contributed by atoms with E-state index in [1.807, 2.05) is 36.4 Å². The molecule has 1 aliphatic heterocycles. The summed E-state index contributed by atoms with van der Waals surface area (Å²) in [5, 5.41) is 5.56. The Labute approximate surface area is 232 Å². The molecule has 41 heavy (non-hydrogen) atoms. The molecule has 0 aromatic heterocycles. The molecule has 6 rings (SSSR count). The molecule has 0 fully saturated rings. The molecule has 9 heteroatoms. The van der Waals surface area contributed by atoms with Gasteiger partial charge in [0.15, 0.2) is 17.3 Å². The van der Waals surface area contributed by atoms with Crippen molar-refractivity contribution < 1.29 is 36.2 Å². The summed E-state index contributed by atoms with van der Waals surface area (Å²) in [4.78, 5) is 13.7. The second-order valence-corrected chi connectivity index (χ2v) is 11.0. The standard InChI is InChI=1S/C32H24F5NO3/c1-32(2)13-18-23-17-7-5-4-6-15(17)8-10-19(23)38-30(24(18)20(39)14-32)16-9-11-21(22(12-16)40-3)41-31-28(36)26(34)25(33)27(35)29(31)37/h4-12,30,38H,13-14H2,1-3H3. The fourth-order valence-corrected chi connectivity index (χ4v) is 5.82. The van der Waals surface area contributed by atoms with Crippen LogP contribution in [0.1, 0.15) is 43.9 Å². The summed E-state index contributed by atoms with van der Waals surface area (Å²) in [5.74, 6) is -12.5. The molecule has 4 aromatic carbocycles. The molecule has 210 valence electrons. The minimum absolute atomic E-state index is 0.00645. The summed E-state index contributed by atoms with van der Waals surface area (Å²) in [7, 11) is 1.28. The number of carbonyl (C=O) groups is 1. The monoisotopic (exact) mass is 565 g/mol. The normalized spacial score (nSPS) is 17.7. The van der Waals surface area contributed by atoms with Crippen molar-refractivity contribution in [3.05, 3.63) is 100 Å². The van der Waals surface area contributed by atoms with E-state index < -0.39 is 40.9 Å². The number of anilines is 1. The van der Waals surface area contributed by atoms with E-state index in [1.54, 1.807) is 6.07 Å². The van der Waals surface area contributed by atoms with E-state index in [4.69, 9.17) is 9.47 Å². The number of ketones is 1. The molecule has 1 atom stereocenters. The van der Waals surface area contributed by atoms with Crippen LogP contribution in [-0.4, -0.2) is 12.9 Å². The third kappa shape index (κ3) is 4.31. The lowest BCUT2D eigenvalue weighted by atomic mass is 9.68. The lowest BCUT2D eigenvalue weighted by molar-refractivity contribution is -0.118. The number of hydrogen-bond donors (Lipinski definition) is 1. The summed E-state index contributed by atoms with van der Waals surface area (Å²) < 4.78 is 80.1. The van der Waals surface area contributed by atoms with Gasteiger partial charge in [-0.2, -0.15) is 8.78 Å². The maximum atomic E-state index is 14.3. The van der Waals surface area contributed by atoms with Gasteiger partial charge in [-0.15, -0.1) is 0 Å². The van der Waals surface area contributed by atoms with E-state index in [9.17, 15) is 26.7 Å². The molecule has 1 heterocycles. The van der Waals surface area contributed by atoms with Crippen LogP contribution in [0.3, 0.4) is 0 Å². The van der Waals surface area contributed by atoms with Crippen LogP contribution in [0, 0.1) is 34.5 Å². The quantitative estimate of drug-likeness (QED) is 0.153. The molecule has 0 saturated carbocycles. The lowest BCUT2D eigenvalue weighted by Crippen LogP contribution is -2.33. The first-order chi connectivity index (χ1) is 19.5. The highest BCUT2D eigenvalue weighted by Crippen LogP contribution is 2.52. The van der Waals surface area contributed by atoms with Gasteiger partial charge in [0.05, 0.1) is 13.2 Å². The number of benzene rings is 4. The number of rotatable bonds is 4. The van der Waals surface area contributed by atoms with E-state index in [1.165, 1.54) is 19.2 Å². The largest absolute Gasteiger partial charge is 0.493 e. The van der Waals surface area contributed by atoms with E-state index >= 15 is 0 Å². The Morgan fingerprint density at radius 1 is 0.829 bits per heavy atom. The first kappa shape index (κ1) is 26.8. The van der Waals surface area contributed by atoms with Gasteiger partial charge >= 0.3 is 0 Å². The zero-order valence-corrected chi connectivity index (χ0v) is 22.3. The van der Waals surface area contributed by atoms with E-state index in [0.717, 1.165) is 27.6 Å². The lowest BCUT2D eigenvalue weighted by Gasteiger charge is -2.40. The molecule has 2 aliphatic rings. The number of allylic oxidation sites excluding steroid dienone is 1. The van der Waals surface area contributed by atoms with Crippen molar-refractivity contribution in [3.8, 4) is 17.2 Å². The zero-order chi connectivity index (χ0) is 29.2. The van der Waals surface area contributed by atoms with E-state index in [-0.39, 0.29) is 22.7 Å². The third-order valence-corrected chi connectivity index (χ3v) is 7.64. The molecule has 0 spiro atoms. The van der Waals surface area contributed by atoms with Crippen LogP contribution >= 0.6 is 0 Å². The average molecular weight is 566 g/mol. The van der Waals surface area contributed by atoms with Gasteiger partial charge in [0, 0.05) is 23.2 Å². The van der Waals surface area contributed by atoms with Gasteiger partial charge in [-0.3, -0.25) is 4.79 Å². The second kappa shape index (κ2) is 9.61. The van der Waals surface area contributed by atoms with Crippen molar-refractivity contribution in [1.29, 1.82) is 0 Å². The molecule has 1 unspecified atom stereocenters. The summed E-state index contributed by atoms with van der Waals surface area (Å²) in [6.45, 7) is 4.12. The summed E-state index contributed by atoms with van der Waals surface area (Å²) in [5.41, 5.74) is 3.72. The van der Waals surface area contributed by atoms with Crippen LogP contribution in [0.2, 0.25) is 0 Å². The number of hydrogen-bond acceptors (Lipinski definition) is 4. The Kier molecular flexibility index (Phi) is 6.28. The average Bonchev–Trinajstić information content (AvgIpc) is 2.95. The summed E-state index contributed by atoms with van der Waals surface area (Å²) in [6.07, 6.45) is 1.02. The van der Waals surface area contributed by atoms with Crippen molar-refractivity contribution in [1.82, 2.24) is 0 Å². The summed E-state index contributed by atoms with van der Waals surface area (Å²) in [6, 6.07) is 15.7. The van der Waals surface area contributed by atoms with Crippen LogP contribution < -0.4 is 14.8 Å². The van der Waals surface area contributed by atoms with Crippen LogP contribution in [0.25, 0.3) is 16.3 Å². The molecular formula is C32H24F5NO3. The number of nitrogens with one attached hydrogen (secondary N) is 1. The first-order valence-electron chi connectivity index (χ1n) is 12.9. The Morgan fingerprint density at radius 2 is 1.51 bits per heavy atom. The highest BCUT2D eigenvalue weighted by molar-refractivity contribution is 6.12. The molecule has 4 nitrogen and oxygen atoms in total. The Bertz CT molecular complexity index is 1770. The number of ether oxygens (including phenoxy) is 2. The molecule has 1 N–H and O–H groups in total. The second-order valence-electron chi connectivity index (χ2n) is 11.0. The fraction of sp³-hybridized carbons (Fsp3) is 0.219. The molecule has 0 radical (unpaired) electrons. The van der Waals surface area contributed by atoms with Crippen molar-refractivity contribution in [3.63, 3.8) is 0 Å². The number of Topliss-reactive ketones (excluding diaryl/α,β-unsaturated/α-hetero) is 1. The minimum Gasteiger partial charge on any atom is -0.493 e. The zero-order valence-electron chi connectivity index (χ0n) is 22.3. The molecule has 4 aromatic rings. The van der Waals surface area contributed by atoms with E-state index in [2.05, 4.69) is 19.2 Å². The van der Waals surface area contributed by atoms with Gasteiger partial charge in [-0.1, -0.05) is 50.2 Å². The van der Waals surface area contributed by atoms with Crippen LogP contribution in [0.5, 0.6) is 17.2 Å². The topological polar surface area (TPSA) is 47.6 Å². The van der Waals surface area contributed by atoms with Crippen molar-refractivity contribution in [2.24, 2.45) is 5.41 Å². The minimum atomic E-state index is -2.28. The van der Waals surface area contributed by atoms with Gasteiger partial charge in [-0.25, -0.2) is 13.2 Å². The van der Waals surface area contributed by atoms with Gasteiger partial charge in [0.1, 0.15) is 0 Å². The number of halogens is 5. The number of fused-ring (bicyclic) bond motifs is 4. The highest BCUT2D eigenvalue weighted by Gasteiger charge is 2.41. The maximum absolute atomic E-state index is 14.3. The molecular weight excluding hydrogens is 541 g/mol. The summed E-state index contributed by atoms with van der Waals surface area (Å²) >= 11 is 0. The molecule has 0 bridgehead atoms. The Balaban J connectivity index is 1.47. The SMILES string of the molecule is COc1cc(C2Nc3ccc4ccccc4c3C3=C2C(=O)CC(C)(C)C3)ccc1Oc1c(F)c(F)c(F)c(F)c1F. The van der Waals surface area contributed by atoms with Gasteiger partial charge in [0.25, 0.3) is 0 Å². The van der Waals surface area contributed by atoms with Crippen molar-refractivity contribution in [2.75, 3.05) is 12.4 Å². The van der Waals surface area contributed by atoms with Crippen molar-refractivity contribution >= 4 is 27.8 Å². The fourth-order valence-electron chi connectivity index (χ4n) is 5.82. The van der Waals surface area contributed by atoms with Crippen LogP contribution in [0.4, 0.5) is 27.6 Å². The number of methoxy groups -OCH3 is 1. The van der Waals surface area contributed by atoms with E-state index in [0.29, 0.717) is 24.0 Å². The van der Waals surface area contributed by atoms with Crippen LogP contribution in [-0.2, 0) is 4.79 Å². The molecule has 1 aliphatic carbocycles. The smallest absolute Gasteiger partial charge is 0.207 e. The molecule has 0 saturated heterocycles. The van der Waals surface area contributed by atoms with Crippen LogP contribution in [0.15, 0.2) is 60.2 Å². The molecule has 0 amide bonds. The van der Waals surface area contributed by atoms with Gasteiger partial charge < -0.3 is 14.8 Å². The van der Waals surface area contributed by atoms with Gasteiger partial charge in [-0.05, 0) is 51.9 Å². The Hall–Kier alpha value is -4.40. The first-order valence-corrected chi connectivity index (χ1v) is 12.9. The van der Waals surface area contributed by atoms with Gasteiger partial charge in [0.2, 0.25) is 34.8 Å². The maximum Gasteiger partial charge on any atom is 0.207 e. The van der Waals surface area contributed by atoms with Crippen molar-refractivity contribution in [2.45, 2.75) is 32.7 Å². The highest BCUT2D eigenvalue weighted by atomic mass is 19.2. The third-order valence-electron chi connectivity index (χ3n) is 7.64. The predicted octanol–water partition coefficient (Wildman–Crippen LogP) is 8.65. The Morgan fingerprint density at radius 3 is 2.22 bits per heavy atom. The number of carbonyl (C=O) groups excluding carboxylic acids is 1. The predicted molar refractivity (Wildman–Crippen MR) is 145 cm³/mol.